The monoisotopic (exact) mass is 537 g/mol. The number of benzene rings is 4. The van der Waals surface area contributed by atoms with E-state index in [2.05, 4.69) is 36.4 Å². The molecule has 4 aromatic carbocycles. The first kappa shape index (κ1) is 26.0. The van der Waals surface area contributed by atoms with E-state index in [1.54, 1.807) is 30.6 Å². The third kappa shape index (κ3) is 6.27. The fraction of sp³-hybridized carbons (Fsp3) is 0.125. The molecule has 0 aliphatic rings. The van der Waals surface area contributed by atoms with Gasteiger partial charge in [0.15, 0.2) is 6.61 Å². The number of nitrogens with zero attached hydrogens (tertiary/aromatic N) is 1. The van der Waals surface area contributed by atoms with Gasteiger partial charge in [0.1, 0.15) is 28.9 Å². The summed E-state index contributed by atoms with van der Waals surface area (Å²) in [4.78, 5) is 16.8. The van der Waals surface area contributed by atoms with Gasteiger partial charge < -0.3 is 19.3 Å². The first-order chi connectivity index (χ1) is 19.0. The first-order valence-corrected chi connectivity index (χ1v) is 13.2. The summed E-state index contributed by atoms with van der Waals surface area (Å²) < 4.78 is 16.7. The Morgan fingerprint density at radius 1 is 0.795 bits per heavy atom. The lowest BCUT2D eigenvalue weighted by Crippen LogP contribution is -2.10. The molecule has 0 bridgehead atoms. The Balaban J connectivity index is 1.41. The molecule has 6 nitrogen and oxygen atoms in total. The van der Waals surface area contributed by atoms with Crippen molar-refractivity contribution < 1.29 is 24.1 Å². The third-order valence-corrected chi connectivity index (χ3v) is 7.23. The van der Waals surface area contributed by atoms with Gasteiger partial charge in [0.25, 0.3) is 0 Å². The van der Waals surface area contributed by atoms with E-state index in [0.29, 0.717) is 18.1 Å². The Morgan fingerprint density at radius 2 is 1.44 bits per heavy atom. The summed E-state index contributed by atoms with van der Waals surface area (Å²) in [6, 6.07) is 32.1. The summed E-state index contributed by atoms with van der Waals surface area (Å²) in [7, 11) is 1.65. The standard InChI is InChI=1S/C32H27NO5S/c1-21-18-27(16-17-28(21)38-20-30(34)35)37-19-29-33-31(24-12-14-26(36-2)15-13-24)32(39-29)25-10-8-23(9-11-25)22-6-4-3-5-7-22/h3-18H,19-20H2,1-2H3,(H,34,35). The molecule has 0 saturated heterocycles. The lowest BCUT2D eigenvalue weighted by Gasteiger charge is -2.09. The van der Waals surface area contributed by atoms with Crippen molar-refractivity contribution in [3.8, 4) is 50.1 Å². The van der Waals surface area contributed by atoms with Crippen LogP contribution in [-0.2, 0) is 11.4 Å². The number of hydrogen-bond acceptors (Lipinski definition) is 6. The van der Waals surface area contributed by atoms with E-state index in [4.69, 9.17) is 24.3 Å². The Labute approximate surface area is 231 Å². The molecule has 0 spiro atoms. The second-order valence-corrected chi connectivity index (χ2v) is 9.94. The summed E-state index contributed by atoms with van der Waals surface area (Å²) in [5.74, 6) is 0.946. The summed E-state index contributed by atoms with van der Waals surface area (Å²) in [5.41, 5.74) is 6.10. The molecule has 5 aromatic rings. The van der Waals surface area contributed by atoms with Crippen LogP contribution in [0.5, 0.6) is 17.2 Å². The molecule has 7 heteroatoms. The van der Waals surface area contributed by atoms with Gasteiger partial charge in [-0.3, -0.25) is 0 Å². The molecule has 0 radical (unpaired) electrons. The van der Waals surface area contributed by atoms with Gasteiger partial charge in [0.2, 0.25) is 0 Å². The predicted octanol–water partition coefficient (Wildman–Crippen LogP) is 7.50. The maximum atomic E-state index is 10.8. The van der Waals surface area contributed by atoms with Crippen molar-refractivity contribution in [3.05, 3.63) is 108 Å². The van der Waals surface area contributed by atoms with Crippen molar-refractivity contribution in [3.63, 3.8) is 0 Å². The van der Waals surface area contributed by atoms with Crippen LogP contribution in [0.25, 0.3) is 32.8 Å². The zero-order chi connectivity index (χ0) is 27.2. The van der Waals surface area contributed by atoms with Gasteiger partial charge in [-0.05, 0) is 71.6 Å². The van der Waals surface area contributed by atoms with Crippen LogP contribution in [0.1, 0.15) is 10.6 Å². The molecule has 1 aromatic heterocycles. The van der Waals surface area contributed by atoms with Gasteiger partial charge >= 0.3 is 5.97 Å². The topological polar surface area (TPSA) is 77.9 Å². The lowest BCUT2D eigenvalue weighted by atomic mass is 10.0. The smallest absolute Gasteiger partial charge is 0.341 e. The molecule has 5 rings (SSSR count). The van der Waals surface area contributed by atoms with Gasteiger partial charge in [-0.15, -0.1) is 11.3 Å². The average Bonchev–Trinajstić information content (AvgIpc) is 3.40. The number of aryl methyl sites for hydroxylation is 1. The summed E-state index contributed by atoms with van der Waals surface area (Å²) in [6.45, 7) is 1.76. The number of hydrogen-bond donors (Lipinski definition) is 1. The Hall–Kier alpha value is -4.62. The van der Waals surface area contributed by atoms with Crippen molar-refractivity contribution in [1.29, 1.82) is 0 Å². The molecule has 0 aliphatic heterocycles. The maximum Gasteiger partial charge on any atom is 0.341 e. The average molecular weight is 538 g/mol. The van der Waals surface area contributed by atoms with Crippen molar-refractivity contribution in [2.24, 2.45) is 0 Å². The van der Waals surface area contributed by atoms with E-state index in [1.807, 2.05) is 55.5 Å². The van der Waals surface area contributed by atoms with E-state index in [-0.39, 0.29) is 6.61 Å². The van der Waals surface area contributed by atoms with Crippen LogP contribution in [0.15, 0.2) is 97.1 Å². The van der Waals surface area contributed by atoms with E-state index in [0.717, 1.165) is 43.6 Å². The third-order valence-electron chi connectivity index (χ3n) is 6.15. The minimum atomic E-state index is -1.02. The van der Waals surface area contributed by atoms with Crippen LogP contribution in [0.4, 0.5) is 0 Å². The zero-order valence-corrected chi connectivity index (χ0v) is 22.4. The second-order valence-electron chi connectivity index (χ2n) is 8.86. The van der Waals surface area contributed by atoms with Gasteiger partial charge in [-0.2, -0.15) is 0 Å². The SMILES string of the molecule is COc1ccc(-c2nc(COc3ccc(OCC(=O)O)c(C)c3)sc2-c2ccc(-c3ccccc3)cc2)cc1. The van der Waals surface area contributed by atoms with E-state index in [1.165, 1.54) is 5.56 Å². The highest BCUT2D eigenvalue weighted by Gasteiger charge is 2.16. The van der Waals surface area contributed by atoms with Crippen LogP contribution in [-0.4, -0.2) is 29.8 Å². The van der Waals surface area contributed by atoms with Crippen LogP contribution >= 0.6 is 11.3 Å². The molecule has 0 amide bonds. The number of carbonyl (C=O) groups is 1. The summed E-state index contributed by atoms with van der Waals surface area (Å²) in [5, 5.41) is 9.69. The second kappa shape index (κ2) is 11.8. The molecule has 0 fully saturated rings. The number of carboxylic acids is 1. The van der Waals surface area contributed by atoms with Crippen molar-refractivity contribution in [2.45, 2.75) is 13.5 Å². The maximum absolute atomic E-state index is 10.8. The van der Waals surface area contributed by atoms with Crippen LogP contribution in [0.3, 0.4) is 0 Å². The van der Waals surface area contributed by atoms with Crippen LogP contribution in [0, 0.1) is 6.92 Å². The van der Waals surface area contributed by atoms with Crippen molar-refractivity contribution >= 4 is 17.3 Å². The number of aliphatic carboxylic acids is 1. The molecule has 0 aliphatic carbocycles. The van der Waals surface area contributed by atoms with Crippen LogP contribution in [0.2, 0.25) is 0 Å². The van der Waals surface area contributed by atoms with Gasteiger partial charge in [0.05, 0.1) is 17.7 Å². The molecule has 0 saturated carbocycles. The minimum Gasteiger partial charge on any atom is -0.497 e. The fourth-order valence-electron chi connectivity index (χ4n) is 4.17. The fourth-order valence-corrected chi connectivity index (χ4v) is 5.17. The van der Waals surface area contributed by atoms with Gasteiger partial charge in [-0.1, -0.05) is 54.6 Å². The Bertz CT molecular complexity index is 1560. The van der Waals surface area contributed by atoms with Gasteiger partial charge in [0, 0.05) is 5.56 Å². The largest absolute Gasteiger partial charge is 0.497 e. The van der Waals surface area contributed by atoms with Crippen LogP contribution < -0.4 is 14.2 Å². The normalized spacial score (nSPS) is 10.7. The van der Waals surface area contributed by atoms with Crippen molar-refractivity contribution in [1.82, 2.24) is 4.98 Å². The van der Waals surface area contributed by atoms with Gasteiger partial charge in [-0.25, -0.2) is 9.78 Å². The Morgan fingerprint density at radius 3 is 2.10 bits per heavy atom. The van der Waals surface area contributed by atoms with E-state index >= 15 is 0 Å². The molecule has 39 heavy (non-hydrogen) atoms. The molecule has 0 unspecified atom stereocenters. The number of ether oxygens (including phenoxy) is 3. The van der Waals surface area contributed by atoms with E-state index in [9.17, 15) is 4.79 Å². The quantitative estimate of drug-likeness (QED) is 0.199. The molecule has 0 atom stereocenters. The summed E-state index contributed by atoms with van der Waals surface area (Å²) >= 11 is 1.60. The first-order valence-electron chi connectivity index (χ1n) is 12.4. The van der Waals surface area contributed by atoms with Crippen molar-refractivity contribution in [2.75, 3.05) is 13.7 Å². The highest BCUT2D eigenvalue weighted by Crippen LogP contribution is 2.38. The predicted molar refractivity (Wildman–Crippen MR) is 154 cm³/mol. The van der Waals surface area contributed by atoms with E-state index < -0.39 is 5.97 Å². The molecular weight excluding hydrogens is 510 g/mol. The molecule has 196 valence electrons. The number of aromatic nitrogens is 1. The number of rotatable bonds is 10. The summed E-state index contributed by atoms with van der Waals surface area (Å²) in [6.07, 6.45) is 0. The highest BCUT2D eigenvalue weighted by atomic mass is 32.1. The minimum absolute atomic E-state index is 0.296. The lowest BCUT2D eigenvalue weighted by molar-refractivity contribution is -0.139. The zero-order valence-electron chi connectivity index (χ0n) is 21.6. The molecule has 1 N–H and O–H groups in total. The number of carboxylic acid groups (broad SMARTS) is 1. The number of methoxy groups -OCH3 is 1. The molecule has 1 heterocycles. The Kier molecular flexibility index (Phi) is 7.89. The molecular formula is C32H27NO5S. The number of thiazole rings is 1. The highest BCUT2D eigenvalue weighted by molar-refractivity contribution is 7.15.